The van der Waals surface area contributed by atoms with Crippen molar-refractivity contribution in [2.24, 2.45) is 5.92 Å². The Kier molecular flexibility index (Phi) is 8.19. The van der Waals surface area contributed by atoms with E-state index < -0.39 is 6.10 Å². The Morgan fingerprint density at radius 3 is 2.65 bits per heavy atom. The molecule has 26 heavy (non-hydrogen) atoms. The van der Waals surface area contributed by atoms with Gasteiger partial charge in [0.2, 0.25) is 0 Å². The van der Waals surface area contributed by atoms with Gasteiger partial charge in [-0.2, -0.15) is 0 Å². The van der Waals surface area contributed by atoms with Crippen LogP contribution in [0.25, 0.3) is 0 Å². The molecule has 0 aliphatic carbocycles. The highest BCUT2D eigenvalue weighted by Crippen LogP contribution is 2.26. The maximum absolute atomic E-state index is 12.5. The van der Waals surface area contributed by atoms with Gasteiger partial charge in [-0.1, -0.05) is 31.5 Å². The number of benzene rings is 1. The average molecular weight is 383 g/mol. The molecule has 146 valence electrons. The number of nitrogens with zero attached hydrogens (tertiary/aromatic N) is 1. The molecule has 1 aliphatic rings. The number of ether oxygens (including phenoxy) is 2. The van der Waals surface area contributed by atoms with Crippen LogP contribution in [0.2, 0.25) is 5.02 Å². The fourth-order valence-corrected chi connectivity index (χ4v) is 3.32. The largest absolute Gasteiger partial charge is 0.479 e. The first-order valence-electron chi connectivity index (χ1n) is 9.39. The lowest BCUT2D eigenvalue weighted by Gasteiger charge is -2.35. The zero-order chi connectivity index (χ0) is 19.1. The fourth-order valence-electron chi connectivity index (χ4n) is 3.16. The molecular weight excluding hydrogens is 352 g/mol. The van der Waals surface area contributed by atoms with Gasteiger partial charge in [-0.05, 0) is 43.9 Å². The summed E-state index contributed by atoms with van der Waals surface area (Å²) in [5.41, 5.74) is 1.04. The van der Waals surface area contributed by atoms with Gasteiger partial charge < -0.3 is 14.8 Å². The van der Waals surface area contributed by atoms with Crippen molar-refractivity contribution in [3.63, 3.8) is 0 Å². The van der Waals surface area contributed by atoms with E-state index in [-0.39, 0.29) is 5.91 Å². The normalized spacial score (nSPS) is 17.8. The molecular formula is C20H31ClN2O3. The van der Waals surface area contributed by atoms with Crippen LogP contribution in [0.15, 0.2) is 18.2 Å². The second kappa shape index (κ2) is 10.1. The Morgan fingerprint density at radius 2 is 2.00 bits per heavy atom. The summed E-state index contributed by atoms with van der Waals surface area (Å²) in [5.74, 6) is 0.991. The highest BCUT2D eigenvalue weighted by Gasteiger charge is 2.24. The number of carbonyl (C=O) groups is 1. The van der Waals surface area contributed by atoms with Gasteiger partial charge >= 0.3 is 0 Å². The van der Waals surface area contributed by atoms with Gasteiger partial charge in [0.05, 0.1) is 18.2 Å². The summed E-state index contributed by atoms with van der Waals surface area (Å²) >= 11 is 6.16. The molecule has 2 unspecified atom stereocenters. The Labute approximate surface area is 162 Å². The van der Waals surface area contributed by atoms with Crippen molar-refractivity contribution >= 4 is 17.5 Å². The first-order chi connectivity index (χ1) is 12.4. The van der Waals surface area contributed by atoms with Crippen molar-refractivity contribution in [3.8, 4) is 5.75 Å². The number of hydrogen-bond acceptors (Lipinski definition) is 4. The second-order valence-corrected chi connectivity index (χ2v) is 7.78. The van der Waals surface area contributed by atoms with Crippen LogP contribution in [-0.4, -0.2) is 55.8 Å². The summed E-state index contributed by atoms with van der Waals surface area (Å²) in [6.45, 7) is 12.1. The van der Waals surface area contributed by atoms with E-state index in [1.54, 1.807) is 13.0 Å². The van der Waals surface area contributed by atoms with Crippen molar-refractivity contribution < 1.29 is 14.3 Å². The standard InChI is InChI=1S/C20H31ClN2O3/c1-14(2)11-17(23-7-9-25-10-8-23)13-22-20(24)16(4)26-19-12-15(3)5-6-18(19)21/h5-6,12,14,16-17H,7-11,13H2,1-4H3,(H,22,24). The predicted molar refractivity (Wildman–Crippen MR) is 105 cm³/mol. The summed E-state index contributed by atoms with van der Waals surface area (Å²) in [5, 5.41) is 3.57. The van der Waals surface area contributed by atoms with E-state index in [2.05, 4.69) is 24.1 Å². The lowest BCUT2D eigenvalue weighted by atomic mass is 10.0. The van der Waals surface area contributed by atoms with Gasteiger partial charge in [-0.3, -0.25) is 9.69 Å². The molecule has 1 N–H and O–H groups in total. The number of aryl methyl sites for hydroxylation is 1. The highest BCUT2D eigenvalue weighted by molar-refractivity contribution is 6.32. The minimum Gasteiger partial charge on any atom is -0.479 e. The van der Waals surface area contributed by atoms with Crippen molar-refractivity contribution in [2.75, 3.05) is 32.8 Å². The molecule has 6 heteroatoms. The Hall–Kier alpha value is -1.30. The van der Waals surface area contributed by atoms with Crippen LogP contribution in [0.5, 0.6) is 5.75 Å². The molecule has 1 amide bonds. The molecule has 2 rings (SSSR count). The summed E-state index contributed by atoms with van der Waals surface area (Å²) in [4.78, 5) is 14.9. The summed E-state index contributed by atoms with van der Waals surface area (Å²) < 4.78 is 11.2. The van der Waals surface area contributed by atoms with Crippen LogP contribution in [0.3, 0.4) is 0 Å². The first kappa shape index (κ1) is 21.0. The summed E-state index contributed by atoms with van der Waals surface area (Å²) in [7, 11) is 0. The molecule has 5 nitrogen and oxygen atoms in total. The third kappa shape index (κ3) is 6.45. The van der Waals surface area contributed by atoms with Crippen molar-refractivity contribution in [3.05, 3.63) is 28.8 Å². The molecule has 0 bridgehead atoms. The highest BCUT2D eigenvalue weighted by atomic mass is 35.5. The van der Waals surface area contributed by atoms with Crippen LogP contribution in [0, 0.1) is 12.8 Å². The molecule has 1 aromatic carbocycles. The van der Waals surface area contributed by atoms with Crippen LogP contribution < -0.4 is 10.1 Å². The molecule has 0 aromatic heterocycles. The first-order valence-corrected chi connectivity index (χ1v) is 9.77. The van der Waals surface area contributed by atoms with Crippen molar-refractivity contribution in [1.82, 2.24) is 10.2 Å². The predicted octanol–water partition coefficient (Wildman–Crippen LogP) is 3.28. The second-order valence-electron chi connectivity index (χ2n) is 7.37. The number of amides is 1. The van der Waals surface area contributed by atoms with Gasteiger partial charge in [-0.25, -0.2) is 0 Å². The SMILES string of the molecule is Cc1ccc(Cl)c(OC(C)C(=O)NCC(CC(C)C)N2CCOCC2)c1. The molecule has 2 atom stereocenters. The third-order valence-corrected chi connectivity index (χ3v) is 4.89. The summed E-state index contributed by atoms with van der Waals surface area (Å²) in [6.07, 6.45) is 0.442. The minimum atomic E-state index is -0.598. The summed E-state index contributed by atoms with van der Waals surface area (Å²) in [6, 6.07) is 5.87. The van der Waals surface area contributed by atoms with Crippen LogP contribution in [-0.2, 0) is 9.53 Å². The van der Waals surface area contributed by atoms with E-state index in [0.717, 1.165) is 38.3 Å². The van der Waals surface area contributed by atoms with E-state index in [0.29, 0.717) is 29.3 Å². The maximum Gasteiger partial charge on any atom is 0.260 e. The lowest BCUT2D eigenvalue weighted by molar-refractivity contribution is -0.127. The molecule has 0 spiro atoms. The van der Waals surface area contributed by atoms with E-state index >= 15 is 0 Å². The van der Waals surface area contributed by atoms with Crippen LogP contribution in [0.1, 0.15) is 32.8 Å². The van der Waals surface area contributed by atoms with E-state index in [1.165, 1.54) is 0 Å². The van der Waals surface area contributed by atoms with Crippen LogP contribution in [0.4, 0.5) is 0 Å². The number of morpholine rings is 1. The zero-order valence-corrected chi connectivity index (χ0v) is 17.0. The van der Waals surface area contributed by atoms with Gasteiger partial charge in [-0.15, -0.1) is 0 Å². The number of carbonyl (C=O) groups excluding carboxylic acids is 1. The van der Waals surface area contributed by atoms with Crippen molar-refractivity contribution in [1.29, 1.82) is 0 Å². The maximum atomic E-state index is 12.5. The number of halogens is 1. The zero-order valence-electron chi connectivity index (χ0n) is 16.3. The minimum absolute atomic E-state index is 0.121. The van der Waals surface area contributed by atoms with Gasteiger partial charge in [0.15, 0.2) is 6.10 Å². The van der Waals surface area contributed by atoms with Crippen molar-refractivity contribution in [2.45, 2.75) is 46.3 Å². The molecule has 1 heterocycles. The van der Waals surface area contributed by atoms with E-state index in [1.807, 2.05) is 19.1 Å². The van der Waals surface area contributed by atoms with E-state index in [9.17, 15) is 4.79 Å². The molecule has 1 saturated heterocycles. The van der Waals surface area contributed by atoms with Gasteiger partial charge in [0, 0.05) is 25.7 Å². The molecule has 0 saturated carbocycles. The molecule has 1 fully saturated rings. The lowest BCUT2D eigenvalue weighted by Crippen LogP contribution is -2.50. The molecule has 1 aromatic rings. The molecule has 1 aliphatic heterocycles. The number of rotatable bonds is 8. The number of hydrogen-bond donors (Lipinski definition) is 1. The Balaban J connectivity index is 1.90. The van der Waals surface area contributed by atoms with Crippen LogP contribution >= 0.6 is 11.6 Å². The Morgan fingerprint density at radius 1 is 1.31 bits per heavy atom. The fraction of sp³-hybridized carbons (Fsp3) is 0.650. The average Bonchev–Trinajstić information content (AvgIpc) is 2.61. The monoisotopic (exact) mass is 382 g/mol. The Bertz CT molecular complexity index is 588. The van der Waals surface area contributed by atoms with E-state index in [4.69, 9.17) is 21.1 Å². The number of nitrogens with one attached hydrogen (secondary N) is 1. The van der Waals surface area contributed by atoms with Gasteiger partial charge in [0.1, 0.15) is 5.75 Å². The smallest absolute Gasteiger partial charge is 0.260 e. The molecule has 0 radical (unpaired) electrons. The van der Waals surface area contributed by atoms with Gasteiger partial charge in [0.25, 0.3) is 5.91 Å². The quantitative estimate of drug-likeness (QED) is 0.749. The topological polar surface area (TPSA) is 50.8 Å². The third-order valence-electron chi connectivity index (χ3n) is 4.58.